The molecule has 0 saturated heterocycles. The van der Waals surface area contributed by atoms with Gasteiger partial charge in [-0.25, -0.2) is 8.42 Å². The smallest absolute Gasteiger partial charge is 0.264 e. The van der Waals surface area contributed by atoms with Crippen LogP contribution in [0.25, 0.3) is 0 Å². The van der Waals surface area contributed by atoms with Gasteiger partial charge in [0.2, 0.25) is 5.91 Å². The first-order chi connectivity index (χ1) is 18.2. The summed E-state index contributed by atoms with van der Waals surface area (Å²) in [5, 5.41) is 3.09. The lowest BCUT2D eigenvalue weighted by atomic mass is 9.95. The number of nitrogens with zero attached hydrogens (tertiary/aromatic N) is 1. The Morgan fingerprint density at radius 3 is 2.13 bits per heavy atom. The number of carbonyl (C=O) groups excluding carboxylic acids is 1. The van der Waals surface area contributed by atoms with Crippen LogP contribution in [0.2, 0.25) is 0 Å². The SMILES string of the molecule is COc1ccc(C)cc1N(CC(=O)N[C@H](c1ccccc1)c1ccccc1C)S(=O)(=O)c1ccc(C)cc1. The Labute approximate surface area is 225 Å². The molecule has 4 rings (SSSR count). The van der Waals surface area contributed by atoms with Crippen LogP contribution in [0.4, 0.5) is 5.69 Å². The Morgan fingerprint density at radius 2 is 1.47 bits per heavy atom. The van der Waals surface area contributed by atoms with Gasteiger partial charge in [0.25, 0.3) is 10.0 Å². The number of methoxy groups -OCH3 is 1. The summed E-state index contributed by atoms with van der Waals surface area (Å²) < 4.78 is 34.5. The fraction of sp³-hybridized carbons (Fsp3) is 0.194. The highest BCUT2D eigenvalue weighted by atomic mass is 32.2. The first kappa shape index (κ1) is 26.9. The first-order valence-electron chi connectivity index (χ1n) is 12.3. The second-order valence-electron chi connectivity index (χ2n) is 9.27. The van der Waals surface area contributed by atoms with Crippen molar-refractivity contribution in [2.75, 3.05) is 18.0 Å². The Balaban J connectivity index is 1.75. The van der Waals surface area contributed by atoms with Crippen molar-refractivity contribution in [3.8, 4) is 5.75 Å². The monoisotopic (exact) mass is 528 g/mol. The van der Waals surface area contributed by atoms with Crippen LogP contribution < -0.4 is 14.4 Å². The van der Waals surface area contributed by atoms with Crippen LogP contribution in [0.5, 0.6) is 5.75 Å². The van der Waals surface area contributed by atoms with Crippen LogP contribution in [0.1, 0.15) is 33.9 Å². The van der Waals surface area contributed by atoms with E-state index in [1.807, 2.05) is 81.4 Å². The minimum Gasteiger partial charge on any atom is -0.495 e. The zero-order chi connectivity index (χ0) is 27.3. The van der Waals surface area contributed by atoms with Gasteiger partial charge in [0.1, 0.15) is 12.3 Å². The number of hydrogen-bond acceptors (Lipinski definition) is 4. The number of amides is 1. The zero-order valence-corrected chi connectivity index (χ0v) is 22.8. The zero-order valence-electron chi connectivity index (χ0n) is 22.0. The molecular formula is C31H32N2O4S. The molecule has 0 bridgehead atoms. The number of anilines is 1. The predicted molar refractivity (Wildman–Crippen MR) is 151 cm³/mol. The highest BCUT2D eigenvalue weighted by Crippen LogP contribution is 2.34. The quantitative estimate of drug-likeness (QED) is 0.301. The second kappa shape index (κ2) is 11.5. The van der Waals surface area contributed by atoms with Crippen molar-refractivity contribution in [2.24, 2.45) is 0 Å². The Morgan fingerprint density at radius 1 is 0.842 bits per heavy atom. The summed E-state index contributed by atoms with van der Waals surface area (Å²) in [5.41, 5.74) is 4.93. The Bertz CT molecular complexity index is 1520. The number of aryl methyl sites for hydroxylation is 3. The van der Waals surface area contributed by atoms with Gasteiger partial charge in [0, 0.05) is 0 Å². The van der Waals surface area contributed by atoms with E-state index >= 15 is 0 Å². The molecule has 0 heterocycles. The molecule has 4 aromatic rings. The summed E-state index contributed by atoms with van der Waals surface area (Å²) in [6.45, 7) is 5.32. The molecule has 1 N–H and O–H groups in total. The molecule has 0 fully saturated rings. The second-order valence-corrected chi connectivity index (χ2v) is 11.1. The minimum atomic E-state index is -4.10. The van der Waals surface area contributed by atoms with E-state index in [1.165, 1.54) is 7.11 Å². The molecular weight excluding hydrogens is 496 g/mol. The summed E-state index contributed by atoms with van der Waals surface area (Å²) in [5.74, 6) is -0.0843. The molecule has 6 nitrogen and oxygen atoms in total. The number of nitrogens with one attached hydrogen (secondary N) is 1. The van der Waals surface area contributed by atoms with Gasteiger partial charge >= 0.3 is 0 Å². The molecule has 0 aliphatic rings. The molecule has 38 heavy (non-hydrogen) atoms. The number of sulfonamides is 1. The average Bonchev–Trinajstić information content (AvgIpc) is 2.91. The largest absolute Gasteiger partial charge is 0.495 e. The van der Waals surface area contributed by atoms with E-state index in [0.717, 1.165) is 32.1 Å². The third-order valence-electron chi connectivity index (χ3n) is 6.44. The molecule has 0 aliphatic heterocycles. The molecule has 0 unspecified atom stereocenters. The van der Waals surface area contributed by atoms with Gasteiger partial charge in [-0.05, 0) is 67.3 Å². The maximum Gasteiger partial charge on any atom is 0.264 e. The van der Waals surface area contributed by atoms with Crippen molar-refractivity contribution in [2.45, 2.75) is 31.7 Å². The maximum absolute atomic E-state index is 13.9. The number of carbonyl (C=O) groups is 1. The van der Waals surface area contributed by atoms with Gasteiger partial charge < -0.3 is 10.1 Å². The van der Waals surface area contributed by atoms with Crippen LogP contribution in [0.15, 0.2) is 102 Å². The van der Waals surface area contributed by atoms with Crippen LogP contribution in [-0.2, 0) is 14.8 Å². The Hall–Kier alpha value is -4.10. The average molecular weight is 529 g/mol. The van der Waals surface area contributed by atoms with Crippen LogP contribution in [0, 0.1) is 20.8 Å². The Kier molecular flexibility index (Phi) is 8.17. The molecule has 196 valence electrons. The van der Waals surface area contributed by atoms with E-state index in [2.05, 4.69) is 5.32 Å². The molecule has 0 aliphatic carbocycles. The molecule has 7 heteroatoms. The van der Waals surface area contributed by atoms with Gasteiger partial charge in [-0.15, -0.1) is 0 Å². The van der Waals surface area contributed by atoms with E-state index in [0.29, 0.717) is 11.4 Å². The van der Waals surface area contributed by atoms with E-state index in [4.69, 9.17) is 4.74 Å². The first-order valence-corrected chi connectivity index (χ1v) is 13.8. The van der Waals surface area contributed by atoms with Crippen LogP contribution in [0.3, 0.4) is 0 Å². The maximum atomic E-state index is 13.9. The number of rotatable bonds is 9. The summed E-state index contributed by atoms with van der Waals surface area (Å²) in [7, 11) is -2.62. The molecule has 1 atom stereocenters. The van der Waals surface area contributed by atoms with Crippen LogP contribution >= 0.6 is 0 Å². The number of ether oxygens (including phenoxy) is 1. The van der Waals surface area contributed by atoms with Crippen molar-refractivity contribution in [3.63, 3.8) is 0 Å². The van der Waals surface area contributed by atoms with E-state index < -0.39 is 28.5 Å². The molecule has 4 aromatic carbocycles. The van der Waals surface area contributed by atoms with E-state index in [1.54, 1.807) is 36.4 Å². The highest BCUT2D eigenvalue weighted by molar-refractivity contribution is 7.92. The van der Waals surface area contributed by atoms with Crippen molar-refractivity contribution in [1.82, 2.24) is 5.32 Å². The van der Waals surface area contributed by atoms with Gasteiger partial charge in [-0.2, -0.15) is 0 Å². The summed E-state index contributed by atoms with van der Waals surface area (Å²) in [4.78, 5) is 13.7. The van der Waals surface area contributed by atoms with Crippen molar-refractivity contribution in [1.29, 1.82) is 0 Å². The van der Waals surface area contributed by atoms with E-state index in [-0.39, 0.29) is 4.90 Å². The van der Waals surface area contributed by atoms with E-state index in [9.17, 15) is 13.2 Å². The number of hydrogen-bond donors (Lipinski definition) is 1. The lowest BCUT2D eigenvalue weighted by Crippen LogP contribution is -2.42. The summed E-state index contributed by atoms with van der Waals surface area (Å²) >= 11 is 0. The third-order valence-corrected chi connectivity index (χ3v) is 8.21. The molecule has 0 saturated carbocycles. The molecule has 0 radical (unpaired) electrons. The third kappa shape index (κ3) is 5.89. The molecule has 1 amide bonds. The summed E-state index contributed by atoms with van der Waals surface area (Å²) in [6, 6.07) is 28.9. The fourth-order valence-electron chi connectivity index (χ4n) is 4.37. The topological polar surface area (TPSA) is 75.7 Å². The predicted octanol–water partition coefficient (Wildman–Crippen LogP) is 5.72. The van der Waals surface area contributed by atoms with Crippen molar-refractivity contribution in [3.05, 3.63) is 125 Å². The minimum absolute atomic E-state index is 0.0953. The standard InChI is InChI=1S/C31H32N2O4S/c1-22-14-17-26(18-15-22)38(35,36)33(28-20-23(2)16-19-29(28)37-4)21-30(34)32-31(25-11-6-5-7-12-25)27-13-9-8-10-24(27)3/h5-20,31H,21H2,1-4H3,(H,32,34)/t31-/m1/s1. The lowest BCUT2D eigenvalue weighted by Gasteiger charge is -2.28. The normalized spacial score (nSPS) is 12.0. The molecule has 0 aromatic heterocycles. The van der Waals surface area contributed by atoms with Gasteiger partial charge in [0.05, 0.1) is 23.7 Å². The summed E-state index contributed by atoms with van der Waals surface area (Å²) in [6.07, 6.45) is 0. The van der Waals surface area contributed by atoms with Crippen molar-refractivity contribution < 1.29 is 17.9 Å². The van der Waals surface area contributed by atoms with Crippen molar-refractivity contribution >= 4 is 21.6 Å². The van der Waals surface area contributed by atoms with Gasteiger partial charge in [-0.3, -0.25) is 9.10 Å². The molecule has 0 spiro atoms. The van der Waals surface area contributed by atoms with Gasteiger partial charge in [0.15, 0.2) is 0 Å². The highest BCUT2D eigenvalue weighted by Gasteiger charge is 2.30. The number of benzene rings is 4. The van der Waals surface area contributed by atoms with Crippen LogP contribution in [-0.4, -0.2) is 28.0 Å². The lowest BCUT2D eigenvalue weighted by molar-refractivity contribution is -0.120. The van der Waals surface area contributed by atoms with Gasteiger partial charge in [-0.1, -0.05) is 78.4 Å². The fourth-order valence-corrected chi connectivity index (χ4v) is 5.79.